The van der Waals surface area contributed by atoms with E-state index >= 15 is 0 Å². The molecule has 4 heteroatoms. The molecule has 0 aromatic heterocycles. The fourth-order valence-corrected chi connectivity index (χ4v) is 3.10. The predicted molar refractivity (Wildman–Crippen MR) is 92.0 cm³/mol. The van der Waals surface area contributed by atoms with Gasteiger partial charge in [-0.05, 0) is 57.9 Å². The summed E-state index contributed by atoms with van der Waals surface area (Å²) < 4.78 is 5.35. The van der Waals surface area contributed by atoms with E-state index in [-0.39, 0.29) is 12.1 Å². The van der Waals surface area contributed by atoms with Gasteiger partial charge in [0.05, 0.1) is 0 Å². The quantitative estimate of drug-likeness (QED) is 0.780. The Morgan fingerprint density at radius 2 is 1.95 bits per heavy atom. The summed E-state index contributed by atoms with van der Waals surface area (Å²) in [4.78, 5) is 11.9. The molecule has 2 N–H and O–H groups in total. The maximum absolute atomic E-state index is 11.9. The molecular weight excluding hydrogens is 276 g/mol. The van der Waals surface area contributed by atoms with Crippen molar-refractivity contribution in [3.8, 4) is 0 Å². The minimum absolute atomic E-state index is 0.107. The molecule has 0 radical (unpaired) electrons. The second-order valence-corrected chi connectivity index (χ2v) is 8.29. The normalized spacial score (nSPS) is 24.1. The van der Waals surface area contributed by atoms with Gasteiger partial charge in [0.25, 0.3) is 0 Å². The average molecular weight is 312 g/mol. The van der Waals surface area contributed by atoms with Crippen molar-refractivity contribution in [2.24, 2.45) is 17.8 Å². The molecule has 0 bridgehead atoms. The van der Waals surface area contributed by atoms with E-state index in [2.05, 4.69) is 31.4 Å². The summed E-state index contributed by atoms with van der Waals surface area (Å²) in [5.41, 5.74) is -0.447. The zero-order valence-electron chi connectivity index (χ0n) is 15.4. The van der Waals surface area contributed by atoms with Crippen LogP contribution in [0, 0.1) is 17.8 Å². The van der Waals surface area contributed by atoms with Gasteiger partial charge in [0.2, 0.25) is 0 Å². The van der Waals surface area contributed by atoms with Gasteiger partial charge in [-0.2, -0.15) is 0 Å². The zero-order chi connectivity index (χ0) is 16.8. The van der Waals surface area contributed by atoms with Crippen molar-refractivity contribution >= 4 is 6.09 Å². The Kier molecular flexibility index (Phi) is 7.67. The van der Waals surface area contributed by atoms with Crippen molar-refractivity contribution in [3.05, 3.63) is 0 Å². The van der Waals surface area contributed by atoms with E-state index in [1.54, 1.807) is 0 Å². The van der Waals surface area contributed by atoms with Crippen molar-refractivity contribution in [1.82, 2.24) is 10.6 Å². The number of hydrogen-bond donors (Lipinski definition) is 2. The highest BCUT2D eigenvalue weighted by Gasteiger charge is 2.22. The van der Waals surface area contributed by atoms with Crippen molar-refractivity contribution in [1.29, 1.82) is 0 Å². The van der Waals surface area contributed by atoms with Gasteiger partial charge in [0.15, 0.2) is 0 Å². The highest BCUT2D eigenvalue weighted by atomic mass is 16.6. The van der Waals surface area contributed by atoms with Crippen LogP contribution in [-0.4, -0.2) is 30.8 Å². The molecule has 3 unspecified atom stereocenters. The standard InChI is InChI=1S/C18H36N2O2/c1-13(2)16(20-17(21)22-18(4,5)6)12-19-11-15-9-7-8-14(3)10-15/h13-16,19H,7-12H2,1-6H3,(H,20,21). The number of carbonyl (C=O) groups excluding carboxylic acids is 1. The smallest absolute Gasteiger partial charge is 0.407 e. The van der Waals surface area contributed by atoms with E-state index in [0.717, 1.165) is 24.9 Å². The first-order valence-electron chi connectivity index (χ1n) is 8.87. The summed E-state index contributed by atoms with van der Waals surface area (Å²) >= 11 is 0. The highest BCUT2D eigenvalue weighted by molar-refractivity contribution is 5.68. The van der Waals surface area contributed by atoms with Crippen LogP contribution in [0.15, 0.2) is 0 Å². The van der Waals surface area contributed by atoms with Gasteiger partial charge >= 0.3 is 6.09 Å². The number of rotatable bonds is 6. The van der Waals surface area contributed by atoms with E-state index < -0.39 is 5.60 Å². The molecule has 0 aliphatic heterocycles. The van der Waals surface area contributed by atoms with Crippen LogP contribution in [0.1, 0.15) is 67.2 Å². The third-order valence-corrected chi connectivity index (χ3v) is 4.35. The summed E-state index contributed by atoms with van der Waals surface area (Å²) in [5.74, 6) is 2.03. The van der Waals surface area contributed by atoms with Gasteiger partial charge in [0.1, 0.15) is 5.60 Å². The summed E-state index contributed by atoms with van der Waals surface area (Å²) in [6.45, 7) is 14.1. The fraction of sp³-hybridized carbons (Fsp3) is 0.944. The molecule has 0 heterocycles. The Bertz CT molecular complexity index is 336. The molecule has 1 saturated carbocycles. The van der Waals surface area contributed by atoms with Crippen LogP contribution in [0.25, 0.3) is 0 Å². The molecule has 1 aliphatic rings. The van der Waals surface area contributed by atoms with Crippen LogP contribution in [0.4, 0.5) is 4.79 Å². The Balaban J connectivity index is 2.33. The number of ether oxygens (including phenoxy) is 1. The van der Waals surface area contributed by atoms with E-state index in [9.17, 15) is 4.79 Å². The lowest BCUT2D eigenvalue weighted by Gasteiger charge is -2.29. The Morgan fingerprint density at radius 3 is 2.50 bits per heavy atom. The lowest BCUT2D eigenvalue weighted by atomic mass is 9.82. The van der Waals surface area contributed by atoms with E-state index in [1.807, 2.05) is 20.8 Å². The molecule has 1 fully saturated rings. The predicted octanol–water partition coefficient (Wildman–Crippen LogP) is 3.95. The van der Waals surface area contributed by atoms with Crippen molar-refractivity contribution in [2.75, 3.05) is 13.1 Å². The van der Waals surface area contributed by atoms with Gasteiger partial charge in [-0.3, -0.25) is 0 Å². The highest BCUT2D eigenvalue weighted by Crippen LogP contribution is 2.27. The number of nitrogens with one attached hydrogen (secondary N) is 2. The fourth-order valence-electron chi connectivity index (χ4n) is 3.10. The molecule has 130 valence electrons. The van der Waals surface area contributed by atoms with Gasteiger partial charge in [-0.25, -0.2) is 4.79 Å². The Morgan fingerprint density at radius 1 is 1.27 bits per heavy atom. The van der Waals surface area contributed by atoms with Crippen LogP contribution in [0.3, 0.4) is 0 Å². The average Bonchev–Trinajstić information content (AvgIpc) is 2.35. The first kappa shape index (κ1) is 19.3. The molecule has 0 aromatic rings. The summed E-state index contributed by atoms with van der Waals surface area (Å²) in [6, 6.07) is 0.107. The number of carbonyl (C=O) groups is 1. The minimum atomic E-state index is -0.447. The summed E-state index contributed by atoms with van der Waals surface area (Å²) in [5, 5.41) is 6.55. The van der Waals surface area contributed by atoms with Crippen LogP contribution in [0.2, 0.25) is 0 Å². The zero-order valence-corrected chi connectivity index (χ0v) is 15.4. The third kappa shape index (κ3) is 8.02. The van der Waals surface area contributed by atoms with E-state index in [0.29, 0.717) is 5.92 Å². The van der Waals surface area contributed by atoms with Gasteiger partial charge in [-0.15, -0.1) is 0 Å². The van der Waals surface area contributed by atoms with Crippen LogP contribution in [0.5, 0.6) is 0 Å². The Labute approximate surface area is 136 Å². The monoisotopic (exact) mass is 312 g/mol. The van der Waals surface area contributed by atoms with Gasteiger partial charge < -0.3 is 15.4 Å². The molecule has 4 nitrogen and oxygen atoms in total. The maximum atomic E-state index is 11.9. The summed E-state index contributed by atoms with van der Waals surface area (Å²) in [6.07, 6.45) is 5.09. The van der Waals surface area contributed by atoms with E-state index in [1.165, 1.54) is 25.7 Å². The molecule has 22 heavy (non-hydrogen) atoms. The van der Waals surface area contributed by atoms with Crippen molar-refractivity contribution in [2.45, 2.75) is 78.9 Å². The number of alkyl carbamates (subject to hydrolysis) is 1. The maximum Gasteiger partial charge on any atom is 0.407 e. The number of hydrogen-bond acceptors (Lipinski definition) is 3. The van der Waals surface area contributed by atoms with Crippen molar-refractivity contribution in [3.63, 3.8) is 0 Å². The number of amides is 1. The third-order valence-electron chi connectivity index (χ3n) is 4.35. The van der Waals surface area contributed by atoms with Crippen LogP contribution >= 0.6 is 0 Å². The Hall–Kier alpha value is -0.770. The molecule has 0 aromatic carbocycles. The molecule has 3 atom stereocenters. The molecule has 1 amide bonds. The van der Waals surface area contributed by atoms with Crippen LogP contribution in [-0.2, 0) is 4.74 Å². The lowest BCUT2D eigenvalue weighted by Crippen LogP contribution is -2.47. The first-order valence-corrected chi connectivity index (χ1v) is 8.87. The summed E-state index contributed by atoms with van der Waals surface area (Å²) in [7, 11) is 0. The molecule has 0 saturated heterocycles. The molecular formula is C18H36N2O2. The second kappa shape index (κ2) is 8.76. The largest absolute Gasteiger partial charge is 0.444 e. The van der Waals surface area contributed by atoms with Crippen LogP contribution < -0.4 is 10.6 Å². The SMILES string of the molecule is CC1CCCC(CNCC(NC(=O)OC(C)(C)C)C(C)C)C1. The minimum Gasteiger partial charge on any atom is -0.444 e. The van der Waals surface area contributed by atoms with Crippen molar-refractivity contribution < 1.29 is 9.53 Å². The lowest BCUT2D eigenvalue weighted by molar-refractivity contribution is 0.0489. The molecule has 1 rings (SSSR count). The topological polar surface area (TPSA) is 50.4 Å². The van der Waals surface area contributed by atoms with Gasteiger partial charge in [0, 0.05) is 12.6 Å². The van der Waals surface area contributed by atoms with Gasteiger partial charge in [-0.1, -0.05) is 33.6 Å². The second-order valence-electron chi connectivity index (χ2n) is 8.29. The van der Waals surface area contributed by atoms with E-state index in [4.69, 9.17) is 4.74 Å². The molecule has 1 aliphatic carbocycles. The molecule has 0 spiro atoms. The first-order chi connectivity index (χ1) is 10.2.